The lowest BCUT2D eigenvalue weighted by Gasteiger charge is -2.29. The second-order valence-electron chi connectivity index (χ2n) is 3.95. The van der Waals surface area contributed by atoms with Gasteiger partial charge in [0.15, 0.2) is 5.13 Å². The SMILES string of the molecule is O=C(Nc1nccs1)[C@H]1CC(Cl)=CC[C@H]1C(=O)[O-]. The van der Waals surface area contributed by atoms with E-state index < -0.39 is 17.8 Å². The Morgan fingerprint density at radius 2 is 2.28 bits per heavy atom. The highest BCUT2D eigenvalue weighted by molar-refractivity contribution is 7.13. The molecule has 18 heavy (non-hydrogen) atoms. The third-order valence-corrected chi connectivity index (χ3v) is 3.79. The van der Waals surface area contributed by atoms with Gasteiger partial charge < -0.3 is 15.2 Å². The number of carbonyl (C=O) groups excluding carboxylic acids is 2. The number of nitrogens with zero attached hydrogens (tertiary/aromatic N) is 1. The average Bonchev–Trinajstić information content (AvgIpc) is 2.81. The lowest BCUT2D eigenvalue weighted by molar-refractivity contribution is -0.313. The van der Waals surface area contributed by atoms with Crippen LogP contribution in [0.15, 0.2) is 22.7 Å². The summed E-state index contributed by atoms with van der Waals surface area (Å²) in [6, 6.07) is 0. The van der Waals surface area contributed by atoms with E-state index in [2.05, 4.69) is 10.3 Å². The van der Waals surface area contributed by atoms with Gasteiger partial charge in [0.1, 0.15) is 0 Å². The molecule has 0 bridgehead atoms. The van der Waals surface area contributed by atoms with E-state index in [1.54, 1.807) is 17.7 Å². The summed E-state index contributed by atoms with van der Waals surface area (Å²) in [5.74, 6) is -3.16. The number of amides is 1. The Morgan fingerprint density at radius 1 is 1.50 bits per heavy atom. The van der Waals surface area contributed by atoms with Crippen LogP contribution in [0.3, 0.4) is 0 Å². The summed E-state index contributed by atoms with van der Waals surface area (Å²) < 4.78 is 0. The Kier molecular flexibility index (Phi) is 3.98. The van der Waals surface area contributed by atoms with Crippen LogP contribution in [0.1, 0.15) is 12.8 Å². The highest BCUT2D eigenvalue weighted by Crippen LogP contribution is 2.32. The van der Waals surface area contributed by atoms with E-state index in [-0.39, 0.29) is 18.7 Å². The Hall–Kier alpha value is -1.40. The van der Waals surface area contributed by atoms with Gasteiger partial charge in [-0.05, 0) is 12.8 Å². The van der Waals surface area contributed by atoms with Crippen molar-refractivity contribution in [3.63, 3.8) is 0 Å². The van der Waals surface area contributed by atoms with Crippen LogP contribution in [-0.2, 0) is 9.59 Å². The van der Waals surface area contributed by atoms with Crippen LogP contribution < -0.4 is 10.4 Å². The molecule has 1 amide bonds. The molecule has 0 saturated heterocycles. The molecule has 5 nitrogen and oxygen atoms in total. The van der Waals surface area contributed by atoms with Gasteiger partial charge in [0, 0.05) is 28.5 Å². The minimum absolute atomic E-state index is 0.219. The highest BCUT2D eigenvalue weighted by atomic mass is 35.5. The maximum atomic E-state index is 12.0. The fraction of sp³-hybridized carbons (Fsp3) is 0.364. The number of allylic oxidation sites excluding steroid dienone is 2. The Labute approximate surface area is 112 Å². The Morgan fingerprint density at radius 3 is 2.89 bits per heavy atom. The summed E-state index contributed by atoms with van der Waals surface area (Å²) in [6.07, 6.45) is 3.62. The number of rotatable bonds is 3. The molecule has 0 saturated carbocycles. The lowest BCUT2D eigenvalue weighted by Crippen LogP contribution is -2.42. The van der Waals surface area contributed by atoms with Crippen LogP contribution in [-0.4, -0.2) is 16.9 Å². The van der Waals surface area contributed by atoms with Gasteiger partial charge in [0.2, 0.25) is 5.91 Å². The summed E-state index contributed by atoms with van der Waals surface area (Å²) in [5.41, 5.74) is 0. The fourth-order valence-corrected chi connectivity index (χ4v) is 2.66. The molecule has 96 valence electrons. The molecule has 2 rings (SSSR count). The number of aromatic nitrogens is 1. The van der Waals surface area contributed by atoms with E-state index >= 15 is 0 Å². The molecule has 0 fully saturated rings. The van der Waals surface area contributed by atoms with Gasteiger partial charge in [0.25, 0.3) is 0 Å². The van der Waals surface area contributed by atoms with E-state index in [0.29, 0.717) is 10.2 Å². The van der Waals surface area contributed by atoms with E-state index in [4.69, 9.17) is 11.6 Å². The molecule has 0 aromatic carbocycles. The van der Waals surface area contributed by atoms with Crippen molar-refractivity contribution in [2.75, 3.05) is 5.32 Å². The zero-order valence-corrected chi connectivity index (χ0v) is 10.8. The Bertz CT molecular complexity index is 486. The molecular formula is C11H10ClN2O3S-. The number of carbonyl (C=O) groups is 2. The zero-order valence-electron chi connectivity index (χ0n) is 9.26. The van der Waals surface area contributed by atoms with Crippen LogP contribution >= 0.6 is 22.9 Å². The predicted molar refractivity (Wildman–Crippen MR) is 65.9 cm³/mol. The number of aliphatic carboxylic acids is 1. The summed E-state index contributed by atoms with van der Waals surface area (Å²) in [5, 5.41) is 16.3. The summed E-state index contributed by atoms with van der Waals surface area (Å²) in [4.78, 5) is 26.9. The molecule has 0 unspecified atom stereocenters. The summed E-state index contributed by atoms with van der Waals surface area (Å²) >= 11 is 7.13. The highest BCUT2D eigenvalue weighted by Gasteiger charge is 2.32. The zero-order chi connectivity index (χ0) is 13.1. The predicted octanol–water partition coefficient (Wildman–Crippen LogP) is 0.980. The molecule has 1 aliphatic rings. The van der Waals surface area contributed by atoms with Crippen LogP contribution in [0, 0.1) is 11.8 Å². The van der Waals surface area contributed by atoms with Crippen molar-refractivity contribution in [3.8, 4) is 0 Å². The number of thiazole rings is 1. The van der Waals surface area contributed by atoms with Gasteiger partial charge in [-0.2, -0.15) is 0 Å². The van der Waals surface area contributed by atoms with Gasteiger partial charge in [-0.3, -0.25) is 4.79 Å². The fourth-order valence-electron chi connectivity index (χ4n) is 1.87. The lowest BCUT2D eigenvalue weighted by atomic mass is 9.82. The van der Waals surface area contributed by atoms with Crippen molar-refractivity contribution in [2.24, 2.45) is 11.8 Å². The van der Waals surface area contributed by atoms with Crippen molar-refractivity contribution in [1.29, 1.82) is 0 Å². The van der Waals surface area contributed by atoms with Crippen molar-refractivity contribution < 1.29 is 14.7 Å². The van der Waals surface area contributed by atoms with E-state index in [1.165, 1.54) is 11.3 Å². The topological polar surface area (TPSA) is 82.1 Å². The molecule has 1 heterocycles. The minimum Gasteiger partial charge on any atom is -0.550 e. The number of halogens is 1. The average molecular weight is 286 g/mol. The maximum Gasteiger partial charge on any atom is 0.230 e. The second kappa shape index (κ2) is 5.49. The number of carboxylic acid groups (broad SMARTS) is 1. The molecule has 7 heteroatoms. The maximum absolute atomic E-state index is 12.0. The largest absolute Gasteiger partial charge is 0.550 e. The quantitative estimate of drug-likeness (QED) is 0.897. The molecule has 1 aromatic rings. The van der Waals surface area contributed by atoms with E-state index in [0.717, 1.165) is 0 Å². The molecule has 1 N–H and O–H groups in total. The van der Waals surface area contributed by atoms with Gasteiger partial charge in [-0.15, -0.1) is 11.3 Å². The smallest absolute Gasteiger partial charge is 0.230 e. The molecule has 0 spiro atoms. The first-order valence-electron chi connectivity index (χ1n) is 5.33. The number of nitrogens with one attached hydrogen (secondary N) is 1. The van der Waals surface area contributed by atoms with Gasteiger partial charge in [0.05, 0.1) is 5.92 Å². The van der Waals surface area contributed by atoms with Gasteiger partial charge >= 0.3 is 0 Å². The third-order valence-electron chi connectivity index (χ3n) is 2.80. The first kappa shape index (κ1) is 13.0. The molecule has 2 atom stereocenters. The van der Waals surface area contributed by atoms with Crippen LogP contribution in [0.4, 0.5) is 5.13 Å². The van der Waals surface area contributed by atoms with E-state index in [9.17, 15) is 14.7 Å². The van der Waals surface area contributed by atoms with Crippen LogP contribution in [0.25, 0.3) is 0 Å². The number of carboxylic acids is 1. The first-order chi connectivity index (χ1) is 8.58. The monoisotopic (exact) mass is 285 g/mol. The van der Waals surface area contributed by atoms with Gasteiger partial charge in [-0.1, -0.05) is 17.7 Å². The summed E-state index contributed by atoms with van der Waals surface area (Å²) in [7, 11) is 0. The molecule has 0 aliphatic heterocycles. The van der Waals surface area contributed by atoms with Crippen molar-refractivity contribution in [1.82, 2.24) is 4.98 Å². The molecule has 1 aliphatic carbocycles. The number of hydrogen-bond donors (Lipinski definition) is 1. The molecule has 0 radical (unpaired) electrons. The Balaban J connectivity index is 2.11. The van der Waals surface area contributed by atoms with Crippen molar-refractivity contribution >= 4 is 39.9 Å². The second-order valence-corrected chi connectivity index (χ2v) is 5.33. The number of hydrogen-bond acceptors (Lipinski definition) is 5. The molecular weight excluding hydrogens is 276 g/mol. The number of anilines is 1. The normalized spacial score (nSPS) is 23.3. The van der Waals surface area contributed by atoms with E-state index in [1.807, 2.05) is 0 Å². The standard InChI is InChI=1S/C11H11ClN2O3S/c12-6-1-2-7(10(16)17)8(5-6)9(15)14-11-13-3-4-18-11/h1,3-4,7-8H,2,5H2,(H,16,17)(H,13,14,15)/p-1/t7-,8+/m1/s1. The van der Waals surface area contributed by atoms with Crippen molar-refractivity contribution in [3.05, 3.63) is 22.7 Å². The molecule has 1 aromatic heterocycles. The van der Waals surface area contributed by atoms with Crippen LogP contribution in [0.5, 0.6) is 0 Å². The van der Waals surface area contributed by atoms with Crippen LogP contribution in [0.2, 0.25) is 0 Å². The summed E-state index contributed by atoms with van der Waals surface area (Å²) in [6.45, 7) is 0. The van der Waals surface area contributed by atoms with Gasteiger partial charge in [-0.25, -0.2) is 4.98 Å². The van der Waals surface area contributed by atoms with Crippen molar-refractivity contribution in [2.45, 2.75) is 12.8 Å². The minimum atomic E-state index is -1.23. The first-order valence-corrected chi connectivity index (χ1v) is 6.59. The third kappa shape index (κ3) is 2.88.